The van der Waals surface area contributed by atoms with Crippen molar-refractivity contribution in [1.29, 1.82) is 0 Å². The number of phenols is 1. The average Bonchev–Trinajstić information content (AvgIpc) is 2.40. The number of rotatable bonds is 2. The van der Waals surface area contributed by atoms with E-state index in [1.165, 1.54) is 38.5 Å². The third-order valence-electron chi connectivity index (χ3n) is 5.54. The Labute approximate surface area is 138 Å². The highest BCUT2D eigenvalue weighted by Crippen LogP contribution is 2.57. The molecule has 4 fully saturated rings. The van der Waals surface area contributed by atoms with Crippen LogP contribution in [0.1, 0.15) is 44.1 Å². The van der Waals surface area contributed by atoms with Gasteiger partial charge in [0, 0.05) is 16.3 Å². The molecule has 4 heteroatoms. The lowest BCUT2D eigenvalue weighted by molar-refractivity contribution is 0.00195. The lowest BCUT2D eigenvalue weighted by atomic mass is 9.53. The maximum Gasteiger partial charge on any atom is 0.142 e. The number of phenolic OH excluding ortho intramolecular Hbond substituents is 1. The second-order valence-electron chi connectivity index (χ2n) is 7.23. The summed E-state index contributed by atoms with van der Waals surface area (Å²) in [5.74, 6) is 2.78. The van der Waals surface area contributed by atoms with E-state index in [2.05, 4.69) is 15.9 Å². The molecule has 1 aromatic rings. The molecule has 1 N–H and O–H groups in total. The molecule has 0 atom stereocenters. The lowest BCUT2D eigenvalue weighted by Gasteiger charge is -2.54. The van der Waals surface area contributed by atoms with Gasteiger partial charge in [0.15, 0.2) is 0 Å². The summed E-state index contributed by atoms with van der Waals surface area (Å²) in [6.45, 7) is 0. The van der Waals surface area contributed by atoms with E-state index in [0.29, 0.717) is 10.6 Å². The number of halogens is 2. The summed E-state index contributed by atoms with van der Waals surface area (Å²) in [4.78, 5) is 4.96. The standard InChI is InChI=1S/C17H19BrClNO/c18-14-4-13(16(21)15(19)5-14)9-20-17-6-10-1-11(7-17)3-12(2-10)8-17/h4-5,9-12,21H,1-3,6-8H2. The van der Waals surface area contributed by atoms with Crippen LogP contribution in [-0.2, 0) is 0 Å². The molecule has 1 aromatic carbocycles. The third-order valence-corrected chi connectivity index (χ3v) is 6.29. The van der Waals surface area contributed by atoms with Crippen LogP contribution in [0.25, 0.3) is 0 Å². The zero-order valence-electron chi connectivity index (χ0n) is 11.9. The monoisotopic (exact) mass is 367 g/mol. The van der Waals surface area contributed by atoms with Crippen LogP contribution in [0.15, 0.2) is 21.6 Å². The minimum atomic E-state index is 0.133. The minimum Gasteiger partial charge on any atom is -0.506 e. The lowest BCUT2D eigenvalue weighted by Crippen LogP contribution is -2.49. The average molecular weight is 369 g/mol. The molecule has 4 aliphatic carbocycles. The molecule has 0 amide bonds. The quantitative estimate of drug-likeness (QED) is 0.715. The van der Waals surface area contributed by atoms with E-state index in [1.807, 2.05) is 12.3 Å². The van der Waals surface area contributed by atoms with Crippen molar-refractivity contribution in [1.82, 2.24) is 0 Å². The van der Waals surface area contributed by atoms with E-state index in [4.69, 9.17) is 16.6 Å². The largest absolute Gasteiger partial charge is 0.506 e. The first-order valence-corrected chi connectivity index (χ1v) is 8.93. The molecule has 0 saturated heterocycles. The third kappa shape index (κ3) is 2.53. The molecule has 0 heterocycles. The van der Waals surface area contributed by atoms with Gasteiger partial charge in [-0.05, 0) is 68.4 Å². The van der Waals surface area contributed by atoms with Gasteiger partial charge in [-0.25, -0.2) is 0 Å². The molecule has 0 aliphatic heterocycles. The summed E-state index contributed by atoms with van der Waals surface area (Å²) in [5.41, 5.74) is 0.848. The van der Waals surface area contributed by atoms with Crippen molar-refractivity contribution < 1.29 is 5.11 Å². The summed E-state index contributed by atoms with van der Waals surface area (Å²) in [5, 5.41) is 10.5. The van der Waals surface area contributed by atoms with Crippen LogP contribution < -0.4 is 0 Å². The highest BCUT2D eigenvalue weighted by Gasteiger charge is 2.50. The molecular formula is C17H19BrClNO. The molecule has 5 rings (SSSR count). The highest BCUT2D eigenvalue weighted by molar-refractivity contribution is 9.10. The van der Waals surface area contributed by atoms with Crippen LogP contribution in [0.3, 0.4) is 0 Å². The molecule has 0 spiro atoms. The van der Waals surface area contributed by atoms with E-state index in [9.17, 15) is 5.11 Å². The maximum absolute atomic E-state index is 10.1. The van der Waals surface area contributed by atoms with Crippen molar-refractivity contribution in [3.63, 3.8) is 0 Å². The molecule has 4 bridgehead atoms. The Kier molecular flexibility index (Phi) is 3.34. The molecular weight excluding hydrogens is 350 g/mol. The number of aliphatic imine (C=N–C) groups is 1. The number of hydrogen-bond acceptors (Lipinski definition) is 2. The van der Waals surface area contributed by atoms with Crippen LogP contribution in [-0.4, -0.2) is 16.9 Å². The summed E-state index contributed by atoms with van der Waals surface area (Å²) in [7, 11) is 0. The van der Waals surface area contributed by atoms with Crippen molar-refractivity contribution in [2.75, 3.05) is 0 Å². The normalized spacial score (nSPS) is 37.5. The second-order valence-corrected chi connectivity index (χ2v) is 8.55. The van der Waals surface area contributed by atoms with E-state index in [1.54, 1.807) is 6.07 Å². The fourth-order valence-electron chi connectivity index (χ4n) is 5.11. The number of hydrogen-bond donors (Lipinski definition) is 1. The summed E-state index contributed by atoms with van der Waals surface area (Å²) < 4.78 is 0.872. The van der Waals surface area contributed by atoms with Crippen molar-refractivity contribution >= 4 is 33.7 Å². The predicted molar refractivity (Wildman–Crippen MR) is 89.3 cm³/mol. The van der Waals surface area contributed by atoms with Crippen LogP contribution in [0.2, 0.25) is 5.02 Å². The Bertz CT molecular complexity index is 578. The first-order chi connectivity index (χ1) is 10.0. The Morgan fingerprint density at radius 3 is 2.29 bits per heavy atom. The van der Waals surface area contributed by atoms with Crippen LogP contribution in [0, 0.1) is 17.8 Å². The van der Waals surface area contributed by atoms with Gasteiger partial charge >= 0.3 is 0 Å². The summed E-state index contributed by atoms with van der Waals surface area (Å²) in [6, 6.07) is 3.59. The van der Waals surface area contributed by atoms with Gasteiger partial charge in [0.05, 0.1) is 10.6 Å². The topological polar surface area (TPSA) is 32.6 Å². The van der Waals surface area contributed by atoms with Gasteiger partial charge in [0.2, 0.25) is 0 Å². The molecule has 2 nitrogen and oxygen atoms in total. The van der Waals surface area contributed by atoms with E-state index >= 15 is 0 Å². The smallest absolute Gasteiger partial charge is 0.142 e. The van der Waals surface area contributed by atoms with E-state index < -0.39 is 0 Å². The Morgan fingerprint density at radius 1 is 1.14 bits per heavy atom. The van der Waals surface area contributed by atoms with Gasteiger partial charge in [-0.15, -0.1) is 0 Å². The summed E-state index contributed by atoms with van der Waals surface area (Å²) >= 11 is 9.46. The SMILES string of the molecule is Oc1c(Cl)cc(Br)cc1C=NC12CC3CC(CC(C3)C1)C2. The highest BCUT2D eigenvalue weighted by atomic mass is 79.9. The zero-order chi connectivity index (χ0) is 14.6. The molecule has 0 aromatic heterocycles. The second kappa shape index (κ2) is 4.99. The maximum atomic E-state index is 10.1. The summed E-state index contributed by atoms with van der Waals surface area (Å²) in [6.07, 6.45) is 9.81. The van der Waals surface area contributed by atoms with Gasteiger partial charge in [0.1, 0.15) is 5.75 Å². The predicted octanol–water partition coefficient (Wildman–Crippen LogP) is 5.20. The molecule has 0 radical (unpaired) electrons. The Hall–Kier alpha value is -0.540. The van der Waals surface area contributed by atoms with Crippen molar-refractivity contribution in [3.8, 4) is 5.75 Å². The van der Waals surface area contributed by atoms with E-state index in [-0.39, 0.29) is 11.3 Å². The van der Waals surface area contributed by atoms with Gasteiger partial charge in [0.25, 0.3) is 0 Å². The minimum absolute atomic E-state index is 0.133. The number of benzene rings is 1. The van der Waals surface area contributed by atoms with Crippen molar-refractivity contribution in [3.05, 3.63) is 27.2 Å². The first-order valence-electron chi connectivity index (χ1n) is 7.76. The number of nitrogens with zero attached hydrogens (tertiary/aromatic N) is 1. The Balaban J connectivity index is 1.64. The van der Waals surface area contributed by atoms with Gasteiger partial charge in [-0.2, -0.15) is 0 Å². The van der Waals surface area contributed by atoms with Gasteiger partial charge in [-0.3, -0.25) is 4.99 Å². The molecule has 0 unspecified atom stereocenters. The van der Waals surface area contributed by atoms with Crippen molar-refractivity contribution in [2.24, 2.45) is 22.7 Å². The zero-order valence-corrected chi connectivity index (χ0v) is 14.2. The Morgan fingerprint density at radius 2 is 1.71 bits per heavy atom. The molecule has 4 aliphatic rings. The van der Waals surface area contributed by atoms with Crippen LogP contribution in [0.4, 0.5) is 0 Å². The molecule has 112 valence electrons. The van der Waals surface area contributed by atoms with Gasteiger partial charge < -0.3 is 5.11 Å². The molecule has 4 saturated carbocycles. The first kappa shape index (κ1) is 14.1. The van der Waals surface area contributed by atoms with Crippen LogP contribution >= 0.6 is 27.5 Å². The fourth-order valence-corrected chi connectivity index (χ4v) is 5.95. The van der Waals surface area contributed by atoms with Crippen molar-refractivity contribution in [2.45, 2.75) is 44.1 Å². The van der Waals surface area contributed by atoms with E-state index in [0.717, 1.165) is 22.2 Å². The molecule has 21 heavy (non-hydrogen) atoms. The van der Waals surface area contributed by atoms with Crippen LogP contribution in [0.5, 0.6) is 5.75 Å². The number of aromatic hydroxyl groups is 1. The fraction of sp³-hybridized carbons (Fsp3) is 0.588. The van der Waals surface area contributed by atoms with Gasteiger partial charge in [-0.1, -0.05) is 27.5 Å².